The summed E-state index contributed by atoms with van der Waals surface area (Å²) in [6.07, 6.45) is 0.781. The Hall–Kier alpha value is -2.08. The molecule has 118 valence electrons. The number of nitrogens with one attached hydrogen (secondary N) is 2. The Balaban J connectivity index is 1.96. The minimum atomic E-state index is -0.205. The number of ether oxygens (including phenoxy) is 1. The van der Waals surface area contributed by atoms with Gasteiger partial charge in [-0.15, -0.1) is 11.3 Å². The van der Waals surface area contributed by atoms with Gasteiger partial charge in [0.1, 0.15) is 5.75 Å². The average molecular weight is 319 g/mol. The smallest absolute Gasteiger partial charge is 0.315 e. The zero-order valence-electron chi connectivity index (χ0n) is 13.1. The molecular formula is C16H21N3O2S. The van der Waals surface area contributed by atoms with Gasteiger partial charge in [0.2, 0.25) is 0 Å². The van der Waals surface area contributed by atoms with E-state index in [0.717, 1.165) is 28.4 Å². The first-order valence-electron chi connectivity index (χ1n) is 7.22. The van der Waals surface area contributed by atoms with Crippen molar-refractivity contribution in [1.82, 2.24) is 15.6 Å². The molecule has 22 heavy (non-hydrogen) atoms. The lowest BCUT2D eigenvalue weighted by molar-refractivity contribution is 0.236. The van der Waals surface area contributed by atoms with E-state index in [1.54, 1.807) is 18.4 Å². The van der Waals surface area contributed by atoms with Crippen LogP contribution in [0.3, 0.4) is 0 Å². The maximum atomic E-state index is 12.1. The molecule has 1 heterocycles. The van der Waals surface area contributed by atoms with E-state index in [4.69, 9.17) is 4.74 Å². The number of benzene rings is 1. The summed E-state index contributed by atoms with van der Waals surface area (Å²) in [6.45, 7) is 4.41. The van der Waals surface area contributed by atoms with Gasteiger partial charge in [0.05, 0.1) is 30.4 Å². The van der Waals surface area contributed by atoms with E-state index >= 15 is 0 Å². The molecule has 2 rings (SSSR count). The molecule has 0 saturated heterocycles. The zero-order valence-corrected chi connectivity index (χ0v) is 13.9. The first-order valence-corrected chi connectivity index (χ1v) is 8.10. The predicted molar refractivity (Wildman–Crippen MR) is 88.2 cm³/mol. The van der Waals surface area contributed by atoms with E-state index in [-0.39, 0.29) is 12.1 Å². The number of nitrogens with zero attached hydrogens (tertiary/aromatic N) is 1. The fraction of sp³-hybridized carbons (Fsp3) is 0.375. The number of hydrogen-bond donors (Lipinski definition) is 2. The first-order chi connectivity index (χ1) is 10.6. The summed E-state index contributed by atoms with van der Waals surface area (Å²) < 4.78 is 5.36. The van der Waals surface area contributed by atoms with Gasteiger partial charge in [-0.2, -0.15) is 0 Å². The van der Waals surface area contributed by atoms with Crippen molar-refractivity contribution in [2.75, 3.05) is 7.11 Å². The fourth-order valence-corrected chi connectivity index (χ4v) is 2.84. The van der Waals surface area contributed by atoms with Crippen LogP contribution < -0.4 is 15.4 Å². The number of methoxy groups -OCH3 is 1. The molecule has 2 amide bonds. The molecular weight excluding hydrogens is 298 g/mol. The molecule has 2 aromatic rings. The summed E-state index contributed by atoms with van der Waals surface area (Å²) in [6, 6.07) is 7.43. The van der Waals surface area contributed by atoms with Crippen LogP contribution in [-0.4, -0.2) is 18.1 Å². The maximum Gasteiger partial charge on any atom is 0.315 e. The molecule has 2 N–H and O–H groups in total. The van der Waals surface area contributed by atoms with Crippen LogP contribution in [0, 0.1) is 6.92 Å². The lowest BCUT2D eigenvalue weighted by Gasteiger charge is -2.20. The molecule has 1 aromatic heterocycles. The Morgan fingerprint density at radius 3 is 2.82 bits per heavy atom. The van der Waals surface area contributed by atoms with Crippen molar-refractivity contribution in [2.24, 2.45) is 0 Å². The number of carbonyl (C=O) groups excluding carboxylic acids is 1. The lowest BCUT2D eigenvalue weighted by Crippen LogP contribution is -2.37. The molecule has 1 unspecified atom stereocenters. The van der Waals surface area contributed by atoms with E-state index in [1.165, 1.54) is 0 Å². The van der Waals surface area contributed by atoms with Gasteiger partial charge < -0.3 is 15.4 Å². The SMILES string of the molecule is CCC(NC(=O)NCc1csc(C)n1)c1ccccc1OC. The standard InChI is InChI=1S/C16H21N3O2S/c1-4-14(13-7-5-6-8-15(13)21-3)19-16(20)17-9-12-10-22-11(2)18-12/h5-8,10,14H,4,9H2,1-3H3,(H2,17,19,20). The number of aromatic nitrogens is 1. The summed E-state index contributed by atoms with van der Waals surface area (Å²) in [5.41, 5.74) is 1.86. The van der Waals surface area contributed by atoms with Gasteiger partial charge in [-0.3, -0.25) is 0 Å². The molecule has 1 atom stereocenters. The molecule has 5 nitrogen and oxygen atoms in total. The van der Waals surface area contributed by atoms with Crippen molar-refractivity contribution >= 4 is 17.4 Å². The minimum Gasteiger partial charge on any atom is -0.496 e. The van der Waals surface area contributed by atoms with Gasteiger partial charge >= 0.3 is 6.03 Å². The Labute approximate surface area is 134 Å². The number of carbonyl (C=O) groups is 1. The highest BCUT2D eigenvalue weighted by atomic mass is 32.1. The van der Waals surface area contributed by atoms with Crippen LogP contribution in [0.5, 0.6) is 5.75 Å². The third kappa shape index (κ3) is 4.21. The maximum absolute atomic E-state index is 12.1. The average Bonchev–Trinajstić information content (AvgIpc) is 2.96. The van der Waals surface area contributed by atoms with E-state index in [2.05, 4.69) is 15.6 Å². The number of rotatable bonds is 6. The van der Waals surface area contributed by atoms with Crippen LogP contribution in [0.15, 0.2) is 29.6 Å². The summed E-state index contributed by atoms with van der Waals surface area (Å²) >= 11 is 1.58. The predicted octanol–water partition coefficient (Wildman–Crippen LogP) is 3.41. The largest absolute Gasteiger partial charge is 0.496 e. The van der Waals surface area contributed by atoms with Crippen molar-refractivity contribution in [1.29, 1.82) is 0 Å². The van der Waals surface area contributed by atoms with Crippen molar-refractivity contribution in [3.8, 4) is 5.75 Å². The Kier molecular flexibility index (Phi) is 5.77. The number of hydrogen-bond acceptors (Lipinski definition) is 4. The number of aryl methyl sites for hydroxylation is 1. The van der Waals surface area contributed by atoms with E-state index in [9.17, 15) is 4.79 Å². The molecule has 0 radical (unpaired) electrons. The molecule has 0 aliphatic rings. The molecule has 1 aromatic carbocycles. The molecule has 0 aliphatic heterocycles. The van der Waals surface area contributed by atoms with Crippen LogP contribution in [0.1, 0.15) is 35.7 Å². The highest BCUT2D eigenvalue weighted by Crippen LogP contribution is 2.26. The van der Waals surface area contributed by atoms with Crippen LogP contribution >= 0.6 is 11.3 Å². The van der Waals surface area contributed by atoms with Crippen LogP contribution in [0.4, 0.5) is 4.79 Å². The topological polar surface area (TPSA) is 63.2 Å². The Morgan fingerprint density at radius 2 is 2.18 bits per heavy atom. The van der Waals surface area contributed by atoms with Crippen LogP contribution in [0.25, 0.3) is 0 Å². The molecule has 0 bridgehead atoms. The zero-order chi connectivity index (χ0) is 15.9. The summed E-state index contributed by atoms with van der Waals surface area (Å²) in [5.74, 6) is 0.782. The number of thiazole rings is 1. The lowest BCUT2D eigenvalue weighted by atomic mass is 10.0. The number of urea groups is 1. The number of amides is 2. The van der Waals surface area contributed by atoms with Gasteiger partial charge in [0, 0.05) is 10.9 Å². The molecule has 6 heteroatoms. The first kappa shape index (κ1) is 16.3. The van der Waals surface area contributed by atoms with Gasteiger partial charge in [0.15, 0.2) is 0 Å². The second-order valence-electron chi connectivity index (χ2n) is 4.89. The third-order valence-corrected chi connectivity index (χ3v) is 4.15. The highest BCUT2D eigenvalue weighted by Gasteiger charge is 2.16. The summed E-state index contributed by atoms with van der Waals surface area (Å²) in [4.78, 5) is 16.4. The quantitative estimate of drug-likeness (QED) is 0.857. The number of para-hydroxylation sites is 1. The third-order valence-electron chi connectivity index (χ3n) is 3.32. The second kappa shape index (κ2) is 7.79. The van der Waals surface area contributed by atoms with Crippen molar-refractivity contribution in [3.63, 3.8) is 0 Å². The molecule has 0 aliphatic carbocycles. The van der Waals surface area contributed by atoms with E-state index in [1.807, 2.05) is 43.5 Å². The van der Waals surface area contributed by atoms with Gasteiger partial charge in [-0.25, -0.2) is 9.78 Å². The molecule has 0 fully saturated rings. The van der Waals surface area contributed by atoms with Gasteiger partial charge in [0.25, 0.3) is 0 Å². The summed E-state index contributed by atoms with van der Waals surface area (Å²) in [7, 11) is 1.64. The summed E-state index contributed by atoms with van der Waals surface area (Å²) in [5, 5.41) is 8.77. The molecule has 0 spiro atoms. The molecule has 0 saturated carbocycles. The van der Waals surface area contributed by atoms with Crippen molar-refractivity contribution in [2.45, 2.75) is 32.9 Å². The van der Waals surface area contributed by atoms with Crippen LogP contribution in [-0.2, 0) is 6.54 Å². The fourth-order valence-electron chi connectivity index (χ4n) is 2.22. The van der Waals surface area contributed by atoms with E-state index < -0.39 is 0 Å². The Morgan fingerprint density at radius 1 is 1.41 bits per heavy atom. The monoisotopic (exact) mass is 319 g/mol. The van der Waals surface area contributed by atoms with Crippen molar-refractivity contribution < 1.29 is 9.53 Å². The van der Waals surface area contributed by atoms with E-state index in [0.29, 0.717) is 6.54 Å². The Bertz CT molecular complexity index is 627. The van der Waals surface area contributed by atoms with Gasteiger partial charge in [-0.1, -0.05) is 25.1 Å². The van der Waals surface area contributed by atoms with Crippen molar-refractivity contribution in [3.05, 3.63) is 45.9 Å². The minimum absolute atomic E-state index is 0.0895. The second-order valence-corrected chi connectivity index (χ2v) is 5.95. The van der Waals surface area contributed by atoms with Crippen LogP contribution in [0.2, 0.25) is 0 Å². The normalized spacial score (nSPS) is 11.8. The highest BCUT2D eigenvalue weighted by molar-refractivity contribution is 7.09. The van der Waals surface area contributed by atoms with Gasteiger partial charge in [-0.05, 0) is 19.4 Å².